The van der Waals surface area contributed by atoms with E-state index in [0.717, 1.165) is 16.9 Å². The minimum Gasteiger partial charge on any atom is -0.496 e. The van der Waals surface area contributed by atoms with Crippen molar-refractivity contribution in [2.45, 2.75) is 13.5 Å². The molecule has 0 saturated heterocycles. The predicted molar refractivity (Wildman–Crippen MR) is 91.0 cm³/mol. The molecule has 24 heavy (non-hydrogen) atoms. The zero-order valence-corrected chi connectivity index (χ0v) is 14.1. The highest BCUT2D eigenvalue weighted by Gasteiger charge is 2.35. The first-order chi connectivity index (χ1) is 11.5. The van der Waals surface area contributed by atoms with Gasteiger partial charge in [-0.05, 0) is 32.2 Å². The van der Waals surface area contributed by atoms with E-state index < -0.39 is 0 Å². The van der Waals surface area contributed by atoms with Crippen LogP contribution in [0.4, 0.5) is 0 Å². The molecule has 0 aliphatic carbocycles. The molecule has 0 radical (unpaired) electrons. The summed E-state index contributed by atoms with van der Waals surface area (Å²) < 4.78 is 5.39. The molecular weight excluding hydrogens is 304 g/mol. The standard InChI is InChI=1S/C19H20N2O3/c1-13-8-9-17(24-3)14(10-13)11-20(2)12-21-18(22)15-6-4-5-7-16(15)19(21)23/h4-10H,11-12H2,1-3H3. The molecule has 124 valence electrons. The summed E-state index contributed by atoms with van der Waals surface area (Å²) in [4.78, 5) is 28.1. The van der Waals surface area contributed by atoms with Crippen molar-refractivity contribution in [2.75, 3.05) is 20.8 Å². The minimum absolute atomic E-state index is 0.237. The average molecular weight is 324 g/mol. The number of methoxy groups -OCH3 is 1. The van der Waals surface area contributed by atoms with E-state index in [0.29, 0.717) is 17.7 Å². The zero-order valence-electron chi connectivity index (χ0n) is 14.1. The normalized spacial score (nSPS) is 13.6. The lowest BCUT2D eigenvalue weighted by atomic mass is 10.1. The van der Waals surface area contributed by atoms with Crippen LogP contribution in [-0.2, 0) is 6.54 Å². The molecule has 5 heteroatoms. The molecule has 0 aromatic heterocycles. The van der Waals surface area contributed by atoms with Gasteiger partial charge in [0, 0.05) is 12.1 Å². The smallest absolute Gasteiger partial charge is 0.262 e. The number of imide groups is 1. The summed E-state index contributed by atoms with van der Waals surface area (Å²) in [5.74, 6) is 0.326. The maximum atomic E-state index is 12.4. The lowest BCUT2D eigenvalue weighted by Gasteiger charge is -2.23. The van der Waals surface area contributed by atoms with Gasteiger partial charge in [0.05, 0.1) is 24.9 Å². The van der Waals surface area contributed by atoms with Crippen LogP contribution in [0.1, 0.15) is 31.8 Å². The zero-order chi connectivity index (χ0) is 17.3. The molecule has 2 amide bonds. The quantitative estimate of drug-likeness (QED) is 0.794. The summed E-state index contributed by atoms with van der Waals surface area (Å²) in [6, 6.07) is 12.9. The van der Waals surface area contributed by atoms with Crippen molar-refractivity contribution in [3.05, 3.63) is 64.7 Å². The summed E-state index contributed by atoms with van der Waals surface area (Å²) in [5.41, 5.74) is 3.12. The van der Waals surface area contributed by atoms with Gasteiger partial charge in [-0.2, -0.15) is 0 Å². The Bertz CT molecular complexity index is 766. The van der Waals surface area contributed by atoms with E-state index in [2.05, 4.69) is 6.07 Å². The molecule has 0 saturated carbocycles. The first kappa shape index (κ1) is 16.2. The van der Waals surface area contributed by atoms with E-state index in [1.165, 1.54) is 4.90 Å². The van der Waals surface area contributed by atoms with E-state index in [4.69, 9.17) is 4.74 Å². The van der Waals surface area contributed by atoms with E-state index in [1.807, 2.05) is 31.0 Å². The Hall–Kier alpha value is -2.66. The van der Waals surface area contributed by atoms with Crippen LogP contribution in [0.5, 0.6) is 5.75 Å². The number of hydrogen-bond donors (Lipinski definition) is 0. The maximum absolute atomic E-state index is 12.4. The fraction of sp³-hybridized carbons (Fsp3) is 0.263. The third-order valence-corrected chi connectivity index (χ3v) is 4.14. The molecule has 0 bridgehead atoms. The van der Waals surface area contributed by atoms with Crippen LogP contribution in [0.15, 0.2) is 42.5 Å². The van der Waals surface area contributed by atoms with Crippen molar-refractivity contribution in [1.82, 2.24) is 9.80 Å². The van der Waals surface area contributed by atoms with Crippen molar-refractivity contribution in [1.29, 1.82) is 0 Å². The molecule has 0 spiro atoms. The van der Waals surface area contributed by atoms with Gasteiger partial charge < -0.3 is 4.74 Å². The highest BCUT2D eigenvalue weighted by molar-refractivity contribution is 6.21. The molecule has 2 aromatic carbocycles. The van der Waals surface area contributed by atoms with Gasteiger partial charge in [-0.15, -0.1) is 0 Å². The molecule has 1 aliphatic heterocycles. The molecule has 0 atom stereocenters. The number of ether oxygens (including phenoxy) is 1. The number of fused-ring (bicyclic) bond motifs is 1. The van der Waals surface area contributed by atoms with Gasteiger partial charge in [0.2, 0.25) is 0 Å². The predicted octanol–water partition coefficient (Wildman–Crippen LogP) is 2.69. The van der Waals surface area contributed by atoms with Crippen LogP contribution < -0.4 is 4.74 Å². The van der Waals surface area contributed by atoms with Gasteiger partial charge >= 0.3 is 0 Å². The van der Waals surface area contributed by atoms with Crippen LogP contribution in [0, 0.1) is 6.92 Å². The Morgan fingerprint density at radius 1 is 1.04 bits per heavy atom. The number of carbonyl (C=O) groups excluding carboxylic acids is 2. The van der Waals surface area contributed by atoms with Crippen molar-refractivity contribution >= 4 is 11.8 Å². The number of nitrogens with zero attached hydrogens (tertiary/aromatic N) is 2. The van der Waals surface area contributed by atoms with Crippen molar-refractivity contribution < 1.29 is 14.3 Å². The second-order valence-electron chi connectivity index (χ2n) is 6.05. The van der Waals surface area contributed by atoms with E-state index in [9.17, 15) is 9.59 Å². The average Bonchev–Trinajstić information content (AvgIpc) is 2.80. The van der Waals surface area contributed by atoms with Crippen molar-refractivity contribution in [3.63, 3.8) is 0 Å². The summed E-state index contributed by atoms with van der Waals surface area (Å²) in [6.45, 7) is 2.84. The molecule has 3 rings (SSSR count). The number of carbonyl (C=O) groups is 2. The molecule has 2 aromatic rings. The van der Waals surface area contributed by atoms with Gasteiger partial charge in [0.25, 0.3) is 11.8 Å². The van der Waals surface area contributed by atoms with Crippen LogP contribution in [0.25, 0.3) is 0 Å². The first-order valence-corrected chi connectivity index (χ1v) is 7.78. The molecule has 5 nitrogen and oxygen atoms in total. The van der Waals surface area contributed by atoms with Gasteiger partial charge in [-0.25, -0.2) is 0 Å². The second-order valence-corrected chi connectivity index (χ2v) is 6.05. The number of aryl methyl sites for hydroxylation is 1. The molecule has 0 N–H and O–H groups in total. The van der Waals surface area contributed by atoms with Gasteiger partial charge in [0.15, 0.2) is 0 Å². The molecular formula is C19H20N2O3. The lowest BCUT2D eigenvalue weighted by molar-refractivity contribution is 0.0558. The van der Waals surface area contributed by atoms with Crippen molar-refractivity contribution in [3.8, 4) is 5.75 Å². The highest BCUT2D eigenvalue weighted by Crippen LogP contribution is 2.24. The molecule has 0 fully saturated rings. The molecule has 0 unspecified atom stereocenters. The van der Waals surface area contributed by atoms with Crippen LogP contribution in [-0.4, -0.2) is 42.4 Å². The fourth-order valence-corrected chi connectivity index (χ4v) is 2.98. The first-order valence-electron chi connectivity index (χ1n) is 7.78. The third-order valence-electron chi connectivity index (χ3n) is 4.14. The minimum atomic E-state index is -0.237. The number of amides is 2. The maximum Gasteiger partial charge on any atom is 0.262 e. The summed E-state index contributed by atoms with van der Waals surface area (Å²) >= 11 is 0. The largest absolute Gasteiger partial charge is 0.496 e. The van der Waals surface area contributed by atoms with Crippen molar-refractivity contribution in [2.24, 2.45) is 0 Å². The van der Waals surface area contributed by atoms with Gasteiger partial charge in [-0.1, -0.05) is 29.8 Å². The van der Waals surface area contributed by atoms with Crippen LogP contribution in [0.3, 0.4) is 0 Å². The number of hydrogen-bond acceptors (Lipinski definition) is 4. The topological polar surface area (TPSA) is 49.9 Å². The van der Waals surface area contributed by atoms with E-state index >= 15 is 0 Å². The highest BCUT2D eigenvalue weighted by atomic mass is 16.5. The van der Waals surface area contributed by atoms with Gasteiger partial charge in [-0.3, -0.25) is 19.4 Å². The number of rotatable bonds is 5. The third kappa shape index (κ3) is 2.90. The van der Waals surface area contributed by atoms with E-state index in [-0.39, 0.29) is 18.5 Å². The number of benzene rings is 2. The summed E-state index contributed by atoms with van der Waals surface area (Å²) in [6.07, 6.45) is 0. The Labute approximate surface area is 141 Å². The Balaban J connectivity index is 1.75. The summed E-state index contributed by atoms with van der Waals surface area (Å²) in [5, 5.41) is 0. The van der Waals surface area contributed by atoms with Crippen LogP contribution >= 0.6 is 0 Å². The van der Waals surface area contributed by atoms with Crippen LogP contribution in [0.2, 0.25) is 0 Å². The Morgan fingerprint density at radius 3 is 2.25 bits per heavy atom. The lowest BCUT2D eigenvalue weighted by Crippen LogP contribution is -2.39. The van der Waals surface area contributed by atoms with Gasteiger partial charge in [0.1, 0.15) is 5.75 Å². The monoisotopic (exact) mass is 324 g/mol. The fourth-order valence-electron chi connectivity index (χ4n) is 2.98. The SMILES string of the molecule is COc1ccc(C)cc1CN(C)CN1C(=O)c2ccccc2C1=O. The summed E-state index contributed by atoms with van der Waals surface area (Å²) in [7, 11) is 3.52. The van der Waals surface area contributed by atoms with E-state index in [1.54, 1.807) is 31.4 Å². The second kappa shape index (κ2) is 6.45. The molecule has 1 heterocycles. The molecule has 1 aliphatic rings. The Morgan fingerprint density at radius 2 is 1.67 bits per heavy atom. The Kier molecular flexibility index (Phi) is 4.36.